The van der Waals surface area contributed by atoms with Crippen molar-refractivity contribution in [3.05, 3.63) is 29.8 Å². The summed E-state index contributed by atoms with van der Waals surface area (Å²) in [6.07, 6.45) is 2.24. The number of amides is 2. The maximum absolute atomic E-state index is 11.5. The quantitative estimate of drug-likeness (QED) is 0.659. The maximum Gasteiger partial charge on any atom is 0.319 e. The van der Waals surface area contributed by atoms with E-state index < -0.39 is 16.8 Å². The van der Waals surface area contributed by atoms with Crippen LogP contribution in [0.1, 0.15) is 12.0 Å². The summed E-state index contributed by atoms with van der Waals surface area (Å²) >= 11 is 0. The van der Waals surface area contributed by atoms with Crippen molar-refractivity contribution in [1.29, 1.82) is 0 Å². The Morgan fingerprint density at radius 3 is 2.45 bits per heavy atom. The number of carboxylic acids is 1. The largest absolute Gasteiger partial charge is 0.481 e. The third-order valence-corrected chi connectivity index (χ3v) is 3.32. The van der Waals surface area contributed by atoms with Crippen molar-refractivity contribution in [2.24, 2.45) is 0 Å². The Morgan fingerprint density at radius 2 is 1.90 bits per heavy atom. The molecule has 1 aromatic carbocycles. The third-order valence-electron chi connectivity index (χ3n) is 2.46. The molecular formula is C13H18N2O4S. The Balaban J connectivity index is 2.34. The van der Waals surface area contributed by atoms with Gasteiger partial charge in [-0.25, -0.2) is 4.79 Å². The standard InChI is InChI=1S/C13H18N2O4S/c1-20(19)8-2-7-14-13(18)15-11-5-3-10(4-6-11)9-12(16)17/h3-6H,2,7-9H2,1H3,(H,16,17)(H2,14,15,18). The molecular weight excluding hydrogens is 280 g/mol. The first-order chi connectivity index (χ1) is 9.47. The molecule has 0 heterocycles. The fraction of sp³-hybridized carbons (Fsp3) is 0.385. The van der Waals surface area contributed by atoms with Gasteiger partial charge in [-0.15, -0.1) is 0 Å². The number of carbonyl (C=O) groups excluding carboxylic acids is 1. The summed E-state index contributed by atoms with van der Waals surface area (Å²) in [6, 6.07) is 6.28. The van der Waals surface area contributed by atoms with Gasteiger partial charge in [-0.1, -0.05) is 12.1 Å². The number of benzene rings is 1. The second kappa shape index (κ2) is 8.31. The smallest absolute Gasteiger partial charge is 0.319 e. The molecule has 0 saturated heterocycles. The second-order valence-corrected chi connectivity index (χ2v) is 5.83. The van der Waals surface area contributed by atoms with E-state index in [0.29, 0.717) is 30.0 Å². The summed E-state index contributed by atoms with van der Waals surface area (Å²) in [5.41, 5.74) is 1.27. The predicted octanol–water partition coefficient (Wildman–Crippen LogP) is 1.20. The lowest BCUT2D eigenvalue weighted by molar-refractivity contribution is -0.136. The van der Waals surface area contributed by atoms with Gasteiger partial charge >= 0.3 is 12.0 Å². The number of anilines is 1. The number of urea groups is 1. The fourth-order valence-corrected chi connectivity index (χ4v) is 2.08. The summed E-state index contributed by atoms with van der Waals surface area (Å²) in [4.78, 5) is 22.1. The molecule has 1 rings (SSSR count). The van der Waals surface area contributed by atoms with Crippen LogP contribution in [0.25, 0.3) is 0 Å². The Morgan fingerprint density at radius 1 is 1.25 bits per heavy atom. The number of hydrogen-bond donors (Lipinski definition) is 3. The van der Waals surface area contributed by atoms with Crippen molar-refractivity contribution >= 4 is 28.5 Å². The van der Waals surface area contributed by atoms with Crippen molar-refractivity contribution in [3.8, 4) is 0 Å². The molecule has 2 amide bonds. The molecule has 7 heteroatoms. The van der Waals surface area contributed by atoms with Crippen molar-refractivity contribution in [1.82, 2.24) is 5.32 Å². The third kappa shape index (κ3) is 6.89. The van der Waals surface area contributed by atoms with Gasteiger partial charge in [0, 0.05) is 35.0 Å². The molecule has 0 saturated carbocycles. The number of hydrogen-bond acceptors (Lipinski definition) is 3. The van der Waals surface area contributed by atoms with Crippen LogP contribution in [0.2, 0.25) is 0 Å². The molecule has 110 valence electrons. The lowest BCUT2D eigenvalue weighted by Gasteiger charge is -2.07. The lowest BCUT2D eigenvalue weighted by atomic mass is 10.1. The summed E-state index contributed by atoms with van der Waals surface area (Å²) < 4.78 is 10.8. The van der Waals surface area contributed by atoms with Crippen LogP contribution >= 0.6 is 0 Å². The van der Waals surface area contributed by atoms with Gasteiger partial charge in [-0.05, 0) is 24.1 Å². The van der Waals surface area contributed by atoms with Crippen LogP contribution in [0, 0.1) is 0 Å². The molecule has 6 nitrogen and oxygen atoms in total. The summed E-state index contributed by atoms with van der Waals surface area (Å²) in [5, 5.41) is 13.9. The first kappa shape index (κ1) is 16.2. The van der Waals surface area contributed by atoms with Gasteiger partial charge in [0.15, 0.2) is 0 Å². The van der Waals surface area contributed by atoms with Crippen molar-refractivity contribution in [2.45, 2.75) is 12.8 Å². The van der Waals surface area contributed by atoms with Gasteiger partial charge in [0.25, 0.3) is 0 Å². The SMILES string of the molecule is CS(=O)CCCNC(=O)Nc1ccc(CC(=O)O)cc1. The van der Waals surface area contributed by atoms with E-state index in [0.717, 1.165) is 0 Å². The van der Waals surface area contributed by atoms with Crippen LogP contribution < -0.4 is 10.6 Å². The van der Waals surface area contributed by atoms with Crippen LogP contribution in [0.4, 0.5) is 10.5 Å². The van der Waals surface area contributed by atoms with Gasteiger partial charge < -0.3 is 15.7 Å². The molecule has 1 aromatic rings. The zero-order chi connectivity index (χ0) is 15.0. The van der Waals surface area contributed by atoms with E-state index in [1.165, 1.54) is 0 Å². The minimum atomic E-state index is -0.892. The molecule has 20 heavy (non-hydrogen) atoms. The zero-order valence-electron chi connectivity index (χ0n) is 11.2. The Bertz CT molecular complexity index is 488. The average molecular weight is 298 g/mol. The Hall–Kier alpha value is -1.89. The molecule has 0 aromatic heterocycles. The van der Waals surface area contributed by atoms with Crippen LogP contribution in [0.3, 0.4) is 0 Å². The second-order valence-electron chi connectivity index (χ2n) is 4.28. The molecule has 1 unspecified atom stereocenters. The van der Waals surface area contributed by atoms with Crippen molar-refractivity contribution < 1.29 is 18.9 Å². The van der Waals surface area contributed by atoms with Crippen LogP contribution in [-0.2, 0) is 22.0 Å². The molecule has 0 aliphatic rings. The van der Waals surface area contributed by atoms with E-state index >= 15 is 0 Å². The summed E-state index contributed by atoms with van der Waals surface area (Å²) in [7, 11) is -0.846. The fourth-order valence-electron chi connectivity index (χ4n) is 1.53. The van der Waals surface area contributed by atoms with Gasteiger partial charge in [0.05, 0.1) is 6.42 Å². The van der Waals surface area contributed by atoms with Gasteiger partial charge in [-0.2, -0.15) is 0 Å². The van der Waals surface area contributed by atoms with Crippen molar-refractivity contribution in [3.63, 3.8) is 0 Å². The van der Waals surface area contributed by atoms with Crippen LogP contribution in [-0.4, -0.2) is 39.9 Å². The monoisotopic (exact) mass is 298 g/mol. The number of nitrogens with one attached hydrogen (secondary N) is 2. The number of aliphatic carboxylic acids is 1. The minimum absolute atomic E-state index is 0.0410. The van der Waals surface area contributed by atoms with E-state index in [2.05, 4.69) is 10.6 Å². The van der Waals surface area contributed by atoms with Crippen LogP contribution in [0.5, 0.6) is 0 Å². The summed E-state index contributed by atoms with van der Waals surface area (Å²) in [5.74, 6) is -0.332. The molecule has 3 N–H and O–H groups in total. The number of carboxylic acid groups (broad SMARTS) is 1. The highest BCUT2D eigenvalue weighted by atomic mass is 32.2. The molecule has 0 fully saturated rings. The Labute approximate surface area is 120 Å². The van der Waals surface area contributed by atoms with E-state index in [1.54, 1.807) is 30.5 Å². The summed E-state index contributed by atoms with van der Waals surface area (Å²) in [6.45, 7) is 0.461. The highest BCUT2D eigenvalue weighted by Gasteiger charge is 2.03. The molecule has 0 aliphatic heterocycles. The zero-order valence-corrected chi connectivity index (χ0v) is 12.0. The van der Waals surface area contributed by atoms with E-state index in [1.807, 2.05) is 0 Å². The van der Waals surface area contributed by atoms with Crippen molar-refractivity contribution in [2.75, 3.05) is 23.9 Å². The predicted molar refractivity (Wildman–Crippen MR) is 78.4 cm³/mol. The highest BCUT2D eigenvalue weighted by Crippen LogP contribution is 2.09. The minimum Gasteiger partial charge on any atom is -0.481 e. The molecule has 1 atom stereocenters. The first-order valence-corrected chi connectivity index (χ1v) is 7.85. The first-order valence-electron chi connectivity index (χ1n) is 6.13. The molecule has 0 aliphatic carbocycles. The number of carbonyl (C=O) groups is 2. The lowest BCUT2D eigenvalue weighted by Crippen LogP contribution is -2.30. The van der Waals surface area contributed by atoms with E-state index in [9.17, 15) is 13.8 Å². The molecule has 0 radical (unpaired) electrons. The molecule has 0 bridgehead atoms. The maximum atomic E-state index is 11.5. The van der Waals surface area contributed by atoms with E-state index in [-0.39, 0.29) is 12.5 Å². The highest BCUT2D eigenvalue weighted by molar-refractivity contribution is 7.84. The van der Waals surface area contributed by atoms with Gasteiger partial charge in [-0.3, -0.25) is 9.00 Å². The topological polar surface area (TPSA) is 95.5 Å². The van der Waals surface area contributed by atoms with Crippen LogP contribution in [0.15, 0.2) is 24.3 Å². The Kier molecular flexibility index (Phi) is 6.72. The van der Waals surface area contributed by atoms with Gasteiger partial charge in [0.2, 0.25) is 0 Å². The number of rotatable bonds is 7. The van der Waals surface area contributed by atoms with E-state index in [4.69, 9.17) is 5.11 Å². The van der Waals surface area contributed by atoms with Gasteiger partial charge in [0.1, 0.15) is 0 Å². The normalized spacial score (nSPS) is 11.7. The average Bonchev–Trinajstić information content (AvgIpc) is 2.36. The molecule has 0 spiro atoms.